The zero-order valence-electron chi connectivity index (χ0n) is 14.1. The molecule has 25 heavy (non-hydrogen) atoms. The van der Waals surface area contributed by atoms with Crippen LogP contribution in [-0.4, -0.2) is 42.8 Å². The number of carbonyl (C=O) groups is 1. The first-order valence-corrected chi connectivity index (χ1v) is 8.00. The minimum absolute atomic E-state index is 0.203. The molecule has 0 spiro atoms. The van der Waals surface area contributed by atoms with Crippen LogP contribution in [0, 0.1) is 5.82 Å². The summed E-state index contributed by atoms with van der Waals surface area (Å²) >= 11 is 0. The van der Waals surface area contributed by atoms with Gasteiger partial charge in [-0.15, -0.1) is 0 Å². The van der Waals surface area contributed by atoms with Crippen LogP contribution in [0.3, 0.4) is 0 Å². The molecule has 6 heteroatoms. The fraction of sp³-hybridized carbons (Fsp3) is 0.316. The molecular weight excluding hydrogens is 325 g/mol. The third-order valence-electron chi connectivity index (χ3n) is 4.40. The summed E-state index contributed by atoms with van der Waals surface area (Å²) in [5, 5.41) is 10.0. The summed E-state index contributed by atoms with van der Waals surface area (Å²) in [5.74, 6) is 0.377. The highest BCUT2D eigenvalue weighted by Crippen LogP contribution is 2.35. The van der Waals surface area contributed by atoms with Gasteiger partial charge in [-0.3, -0.25) is 4.79 Å². The smallest absolute Gasteiger partial charge is 0.254 e. The van der Waals surface area contributed by atoms with E-state index in [9.17, 15) is 14.3 Å². The highest BCUT2D eigenvalue weighted by atomic mass is 19.1. The molecule has 0 radical (unpaired) electrons. The third kappa shape index (κ3) is 3.44. The first-order chi connectivity index (χ1) is 12.0. The first-order valence-electron chi connectivity index (χ1n) is 8.00. The molecule has 1 heterocycles. The van der Waals surface area contributed by atoms with E-state index in [4.69, 9.17) is 9.47 Å². The zero-order chi connectivity index (χ0) is 18.0. The fourth-order valence-electron chi connectivity index (χ4n) is 3.20. The van der Waals surface area contributed by atoms with E-state index in [-0.39, 0.29) is 24.3 Å². The molecular formula is C19H20FNO4. The summed E-state index contributed by atoms with van der Waals surface area (Å²) < 4.78 is 24.0. The molecule has 2 aromatic rings. The van der Waals surface area contributed by atoms with Gasteiger partial charge in [-0.05, 0) is 42.3 Å². The number of benzene rings is 2. The van der Waals surface area contributed by atoms with Crippen LogP contribution in [0.1, 0.15) is 28.4 Å². The maximum absolute atomic E-state index is 13.6. The number of β-amino-alcohol motifs (C(OH)–C–C–N with tert-alkyl or cyclic N) is 1. The van der Waals surface area contributed by atoms with Crippen molar-refractivity contribution in [1.82, 2.24) is 4.90 Å². The van der Waals surface area contributed by atoms with Crippen LogP contribution in [0.5, 0.6) is 11.5 Å². The van der Waals surface area contributed by atoms with Crippen LogP contribution in [0.2, 0.25) is 0 Å². The van der Waals surface area contributed by atoms with E-state index >= 15 is 0 Å². The summed E-state index contributed by atoms with van der Waals surface area (Å²) in [6.45, 7) is 0.203. The number of rotatable bonds is 4. The second-order valence-electron chi connectivity index (χ2n) is 5.99. The molecule has 1 aliphatic rings. The van der Waals surface area contributed by atoms with Gasteiger partial charge in [0.1, 0.15) is 5.82 Å². The Labute approximate surface area is 145 Å². The lowest BCUT2D eigenvalue weighted by molar-refractivity contribution is 0.0715. The van der Waals surface area contributed by atoms with E-state index in [2.05, 4.69) is 0 Å². The molecule has 3 rings (SSSR count). The number of halogens is 1. The lowest BCUT2D eigenvalue weighted by Crippen LogP contribution is -2.31. The molecule has 0 aliphatic carbocycles. The molecule has 5 nitrogen and oxygen atoms in total. The maximum Gasteiger partial charge on any atom is 0.254 e. The number of methoxy groups -OCH3 is 2. The van der Waals surface area contributed by atoms with Crippen LogP contribution < -0.4 is 9.47 Å². The molecule has 0 aromatic heterocycles. The van der Waals surface area contributed by atoms with Crippen LogP contribution in [0.15, 0.2) is 42.5 Å². The minimum atomic E-state index is -0.641. The molecule has 1 aliphatic heterocycles. The van der Waals surface area contributed by atoms with Gasteiger partial charge < -0.3 is 19.5 Å². The molecule has 0 saturated carbocycles. The molecule has 132 valence electrons. The molecule has 1 N–H and O–H groups in total. The lowest BCUT2D eigenvalue weighted by Gasteiger charge is -2.25. The van der Waals surface area contributed by atoms with Gasteiger partial charge in [0, 0.05) is 12.1 Å². The summed E-state index contributed by atoms with van der Waals surface area (Å²) in [5.41, 5.74) is 1.10. The van der Waals surface area contributed by atoms with Gasteiger partial charge in [0.05, 0.1) is 26.4 Å². The Hall–Kier alpha value is -2.60. The summed E-state index contributed by atoms with van der Waals surface area (Å²) in [6.07, 6.45) is -0.264. The van der Waals surface area contributed by atoms with Crippen LogP contribution >= 0.6 is 0 Å². The quantitative estimate of drug-likeness (QED) is 0.926. The van der Waals surface area contributed by atoms with Gasteiger partial charge in [0.15, 0.2) is 11.5 Å². The van der Waals surface area contributed by atoms with Crippen molar-refractivity contribution in [2.45, 2.75) is 18.6 Å². The van der Waals surface area contributed by atoms with Crippen molar-refractivity contribution in [1.29, 1.82) is 0 Å². The Balaban J connectivity index is 1.92. The first kappa shape index (κ1) is 17.2. The number of hydrogen-bond donors (Lipinski definition) is 1. The highest BCUT2D eigenvalue weighted by Gasteiger charge is 2.36. The van der Waals surface area contributed by atoms with Crippen molar-refractivity contribution in [2.75, 3.05) is 20.8 Å². The Morgan fingerprint density at radius 1 is 1.16 bits per heavy atom. The predicted octanol–water partition coefficient (Wildman–Crippen LogP) is 2.79. The predicted molar refractivity (Wildman–Crippen MR) is 90.3 cm³/mol. The Bertz CT molecular complexity index is 780. The second kappa shape index (κ2) is 7.11. The van der Waals surface area contributed by atoms with Gasteiger partial charge in [-0.25, -0.2) is 4.39 Å². The monoisotopic (exact) mass is 345 g/mol. The standard InChI is InChI=1S/C19H20FNO4/c1-24-17-7-6-13(9-18(17)25-2)19(23)21-11-15(22)10-16(21)12-4-3-5-14(20)8-12/h3-9,15-16,22H,10-11H2,1-2H3. The summed E-state index contributed by atoms with van der Waals surface area (Å²) in [4.78, 5) is 14.5. The number of carbonyl (C=O) groups excluding carboxylic acids is 1. The van der Waals surface area contributed by atoms with E-state index in [1.165, 1.54) is 26.4 Å². The zero-order valence-corrected chi connectivity index (χ0v) is 14.1. The lowest BCUT2D eigenvalue weighted by atomic mass is 10.0. The molecule has 1 fully saturated rings. The van der Waals surface area contributed by atoms with Crippen LogP contribution in [0.25, 0.3) is 0 Å². The average molecular weight is 345 g/mol. The van der Waals surface area contributed by atoms with Gasteiger partial charge >= 0.3 is 0 Å². The third-order valence-corrected chi connectivity index (χ3v) is 4.40. The molecule has 2 atom stereocenters. The van der Waals surface area contributed by atoms with Gasteiger partial charge in [0.25, 0.3) is 5.91 Å². The van der Waals surface area contributed by atoms with Gasteiger partial charge in [-0.2, -0.15) is 0 Å². The number of ether oxygens (including phenoxy) is 2. The molecule has 1 saturated heterocycles. The van der Waals surface area contributed by atoms with E-state index in [1.807, 2.05) is 0 Å². The topological polar surface area (TPSA) is 59.0 Å². The Morgan fingerprint density at radius 2 is 1.92 bits per heavy atom. The van der Waals surface area contributed by atoms with E-state index in [0.717, 1.165) is 0 Å². The second-order valence-corrected chi connectivity index (χ2v) is 5.99. The van der Waals surface area contributed by atoms with E-state index < -0.39 is 6.10 Å². The number of nitrogens with zero attached hydrogens (tertiary/aromatic N) is 1. The Morgan fingerprint density at radius 3 is 2.60 bits per heavy atom. The van der Waals surface area contributed by atoms with Gasteiger partial charge in [-0.1, -0.05) is 12.1 Å². The van der Waals surface area contributed by atoms with E-state index in [0.29, 0.717) is 29.0 Å². The normalized spacial score (nSPS) is 19.8. The molecule has 1 amide bonds. The van der Waals surface area contributed by atoms with Crippen molar-refractivity contribution in [3.63, 3.8) is 0 Å². The van der Waals surface area contributed by atoms with E-state index in [1.54, 1.807) is 35.2 Å². The number of hydrogen-bond acceptors (Lipinski definition) is 4. The minimum Gasteiger partial charge on any atom is -0.493 e. The molecule has 2 aromatic carbocycles. The SMILES string of the molecule is COc1ccc(C(=O)N2CC(O)CC2c2cccc(F)c2)cc1OC. The highest BCUT2D eigenvalue weighted by molar-refractivity contribution is 5.95. The Kier molecular flexibility index (Phi) is 4.90. The number of amides is 1. The van der Waals surface area contributed by atoms with Crippen molar-refractivity contribution in [3.05, 3.63) is 59.4 Å². The van der Waals surface area contributed by atoms with Crippen molar-refractivity contribution >= 4 is 5.91 Å². The van der Waals surface area contributed by atoms with Crippen LogP contribution in [0.4, 0.5) is 4.39 Å². The summed E-state index contributed by atoms with van der Waals surface area (Å²) in [7, 11) is 3.03. The number of aliphatic hydroxyl groups excluding tert-OH is 1. The number of aliphatic hydroxyl groups is 1. The van der Waals surface area contributed by atoms with Crippen molar-refractivity contribution < 1.29 is 23.8 Å². The van der Waals surface area contributed by atoms with Crippen LogP contribution in [-0.2, 0) is 0 Å². The fourth-order valence-corrected chi connectivity index (χ4v) is 3.20. The molecule has 0 bridgehead atoms. The average Bonchev–Trinajstić information content (AvgIpc) is 3.02. The van der Waals surface area contributed by atoms with Crippen molar-refractivity contribution in [2.24, 2.45) is 0 Å². The number of likely N-dealkylation sites (tertiary alicyclic amines) is 1. The summed E-state index contributed by atoms with van der Waals surface area (Å²) in [6, 6.07) is 10.7. The van der Waals surface area contributed by atoms with Gasteiger partial charge in [0.2, 0.25) is 0 Å². The molecule has 2 unspecified atom stereocenters. The maximum atomic E-state index is 13.6. The largest absolute Gasteiger partial charge is 0.493 e. The van der Waals surface area contributed by atoms with Crippen molar-refractivity contribution in [3.8, 4) is 11.5 Å².